The first-order valence-corrected chi connectivity index (χ1v) is 14.2. The first kappa shape index (κ1) is 35.1. The molecule has 0 unspecified atom stereocenters. The van der Waals surface area contributed by atoms with Crippen molar-refractivity contribution in [3.05, 3.63) is 71.3 Å². The average molecular weight is 593 g/mol. The maximum Gasteiger partial charge on any atom is 0.410 e. The molecule has 2 N–H and O–H groups in total. The number of nitrogens with zero attached hydrogens (tertiary/aromatic N) is 1. The van der Waals surface area contributed by atoms with Gasteiger partial charge in [-0.3, -0.25) is 4.79 Å². The number of hydrogen-bond acceptors (Lipinski definition) is 6. The summed E-state index contributed by atoms with van der Waals surface area (Å²) in [5, 5.41) is 13.5. The molecule has 234 valence electrons. The van der Waals surface area contributed by atoms with Crippen LogP contribution in [0.25, 0.3) is 0 Å². The van der Waals surface area contributed by atoms with Crippen LogP contribution in [0.3, 0.4) is 0 Å². The second-order valence-electron chi connectivity index (χ2n) is 12.6. The Balaban J connectivity index is 2.39. The standard InChI is InChI=1S/C32H46F2N2O6/c1-22(37)35-27(17-24-15-25(33)18-26(34)16-24)28(41-21-23-11-9-8-10-12-23)19-36(30(39)42-32(5,6)7)20-29(38)40-14-13-31(2,3)4/h8-12,15-16,18,27-29,38H,13-14,17,19-21H2,1-7H3,(H,35,37)/t27-,28+,29+/m0/s1. The first-order valence-electron chi connectivity index (χ1n) is 14.2. The van der Waals surface area contributed by atoms with Crippen molar-refractivity contribution in [1.82, 2.24) is 10.2 Å². The summed E-state index contributed by atoms with van der Waals surface area (Å²) in [6, 6.07) is 11.7. The molecule has 2 aromatic rings. The van der Waals surface area contributed by atoms with Gasteiger partial charge in [0.2, 0.25) is 5.91 Å². The van der Waals surface area contributed by atoms with Crippen LogP contribution in [0.15, 0.2) is 48.5 Å². The molecular formula is C32H46F2N2O6. The summed E-state index contributed by atoms with van der Waals surface area (Å²) in [5.41, 5.74) is 0.302. The summed E-state index contributed by atoms with van der Waals surface area (Å²) in [6.07, 6.45) is -2.19. The summed E-state index contributed by atoms with van der Waals surface area (Å²) in [6.45, 7) is 12.7. The fraction of sp³-hybridized carbons (Fsp3) is 0.562. The smallest absolute Gasteiger partial charge is 0.410 e. The molecule has 10 heteroatoms. The maximum absolute atomic E-state index is 14.0. The highest BCUT2D eigenvalue weighted by molar-refractivity contribution is 5.73. The van der Waals surface area contributed by atoms with Crippen molar-refractivity contribution in [3.8, 4) is 0 Å². The molecule has 2 aromatic carbocycles. The fourth-order valence-corrected chi connectivity index (χ4v) is 4.10. The van der Waals surface area contributed by atoms with Gasteiger partial charge in [0.15, 0.2) is 6.29 Å². The second-order valence-corrected chi connectivity index (χ2v) is 12.6. The lowest BCUT2D eigenvalue weighted by molar-refractivity contribution is -0.125. The minimum absolute atomic E-state index is 0.0110. The fourth-order valence-electron chi connectivity index (χ4n) is 4.10. The zero-order chi connectivity index (χ0) is 31.5. The van der Waals surface area contributed by atoms with Crippen LogP contribution >= 0.6 is 0 Å². The van der Waals surface area contributed by atoms with Gasteiger partial charge in [-0.2, -0.15) is 0 Å². The number of amides is 2. The molecule has 0 saturated heterocycles. The molecule has 0 heterocycles. The summed E-state index contributed by atoms with van der Waals surface area (Å²) in [5.74, 6) is -1.89. The van der Waals surface area contributed by atoms with E-state index in [0.29, 0.717) is 12.0 Å². The zero-order valence-corrected chi connectivity index (χ0v) is 25.8. The largest absolute Gasteiger partial charge is 0.444 e. The van der Waals surface area contributed by atoms with E-state index in [0.717, 1.165) is 11.6 Å². The summed E-state index contributed by atoms with van der Waals surface area (Å²) in [4.78, 5) is 26.9. The monoisotopic (exact) mass is 592 g/mol. The summed E-state index contributed by atoms with van der Waals surface area (Å²) < 4.78 is 45.5. The Kier molecular flexibility index (Phi) is 13.3. The number of aliphatic hydroxyl groups is 1. The summed E-state index contributed by atoms with van der Waals surface area (Å²) in [7, 11) is 0. The highest BCUT2D eigenvalue weighted by Crippen LogP contribution is 2.20. The Morgan fingerprint density at radius 3 is 2.10 bits per heavy atom. The van der Waals surface area contributed by atoms with E-state index >= 15 is 0 Å². The van der Waals surface area contributed by atoms with Crippen molar-refractivity contribution in [3.63, 3.8) is 0 Å². The van der Waals surface area contributed by atoms with E-state index in [2.05, 4.69) is 26.1 Å². The van der Waals surface area contributed by atoms with E-state index < -0.39 is 41.8 Å². The van der Waals surface area contributed by atoms with E-state index in [1.54, 1.807) is 20.8 Å². The van der Waals surface area contributed by atoms with Gasteiger partial charge in [-0.15, -0.1) is 0 Å². The molecule has 0 saturated carbocycles. The third kappa shape index (κ3) is 14.2. The number of rotatable bonds is 14. The zero-order valence-electron chi connectivity index (χ0n) is 25.8. The first-order chi connectivity index (χ1) is 19.5. The number of ether oxygens (including phenoxy) is 3. The topological polar surface area (TPSA) is 97.3 Å². The lowest BCUT2D eigenvalue weighted by atomic mass is 9.93. The normalized spacial score (nSPS) is 14.1. The Labute approximate surface area is 248 Å². The second kappa shape index (κ2) is 16.0. The van der Waals surface area contributed by atoms with Crippen LogP contribution in [0.5, 0.6) is 0 Å². The van der Waals surface area contributed by atoms with E-state index in [1.165, 1.54) is 24.0 Å². The van der Waals surface area contributed by atoms with Crippen molar-refractivity contribution in [2.75, 3.05) is 19.7 Å². The van der Waals surface area contributed by atoms with Crippen LogP contribution in [0.2, 0.25) is 0 Å². The number of carbonyl (C=O) groups excluding carboxylic acids is 2. The number of nitrogens with one attached hydrogen (secondary N) is 1. The van der Waals surface area contributed by atoms with Gasteiger partial charge in [0, 0.05) is 13.0 Å². The van der Waals surface area contributed by atoms with Crippen molar-refractivity contribution in [2.24, 2.45) is 5.41 Å². The molecule has 8 nitrogen and oxygen atoms in total. The molecular weight excluding hydrogens is 546 g/mol. The van der Waals surface area contributed by atoms with E-state index in [4.69, 9.17) is 14.2 Å². The van der Waals surface area contributed by atoms with Gasteiger partial charge in [0.05, 0.1) is 38.4 Å². The van der Waals surface area contributed by atoms with Gasteiger partial charge in [0.25, 0.3) is 0 Å². The third-order valence-electron chi connectivity index (χ3n) is 6.11. The minimum Gasteiger partial charge on any atom is -0.444 e. The minimum atomic E-state index is -1.31. The van der Waals surface area contributed by atoms with Crippen molar-refractivity contribution < 1.29 is 37.7 Å². The van der Waals surface area contributed by atoms with Crippen molar-refractivity contribution in [1.29, 1.82) is 0 Å². The quantitative estimate of drug-likeness (QED) is 0.277. The van der Waals surface area contributed by atoms with Crippen LogP contribution < -0.4 is 5.32 Å². The Bertz CT molecular complexity index is 1110. The SMILES string of the molecule is CC(=O)N[C@@H](Cc1cc(F)cc(F)c1)[C@@H](CN(C[C@H](O)OCCC(C)(C)C)C(=O)OC(C)(C)C)OCc1ccccc1. The molecule has 2 rings (SSSR count). The van der Waals surface area contributed by atoms with E-state index in [-0.39, 0.29) is 44.0 Å². The molecule has 0 bridgehead atoms. The van der Waals surface area contributed by atoms with Gasteiger partial charge < -0.3 is 29.5 Å². The average Bonchev–Trinajstić information content (AvgIpc) is 2.83. The lowest BCUT2D eigenvalue weighted by Gasteiger charge is -2.35. The van der Waals surface area contributed by atoms with Gasteiger partial charge >= 0.3 is 6.09 Å². The molecule has 0 aliphatic carbocycles. The maximum atomic E-state index is 14.0. The van der Waals surface area contributed by atoms with Crippen LogP contribution in [0.1, 0.15) is 66.0 Å². The molecule has 0 aromatic heterocycles. The van der Waals surface area contributed by atoms with Crippen LogP contribution in [0, 0.1) is 17.0 Å². The van der Waals surface area contributed by atoms with Crippen molar-refractivity contribution in [2.45, 2.75) is 92.0 Å². The molecule has 3 atom stereocenters. The van der Waals surface area contributed by atoms with Crippen LogP contribution in [-0.4, -0.2) is 65.7 Å². The Morgan fingerprint density at radius 1 is 0.929 bits per heavy atom. The number of carbonyl (C=O) groups is 2. The molecule has 2 amide bonds. The van der Waals surface area contributed by atoms with Gasteiger partial charge in [-0.05, 0) is 62.3 Å². The van der Waals surface area contributed by atoms with Gasteiger partial charge in [-0.25, -0.2) is 13.6 Å². The van der Waals surface area contributed by atoms with Crippen LogP contribution in [-0.2, 0) is 32.0 Å². The predicted molar refractivity (Wildman–Crippen MR) is 157 cm³/mol. The number of aliphatic hydroxyl groups excluding tert-OH is 1. The number of benzene rings is 2. The van der Waals surface area contributed by atoms with Gasteiger partial charge in [-0.1, -0.05) is 51.1 Å². The molecule has 42 heavy (non-hydrogen) atoms. The molecule has 0 aliphatic rings. The number of halogens is 2. The van der Waals surface area contributed by atoms with E-state index in [9.17, 15) is 23.5 Å². The predicted octanol–water partition coefficient (Wildman–Crippen LogP) is 5.61. The molecule has 0 aliphatic heterocycles. The van der Waals surface area contributed by atoms with Crippen LogP contribution in [0.4, 0.5) is 13.6 Å². The lowest BCUT2D eigenvalue weighted by Crippen LogP contribution is -2.53. The summed E-state index contributed by atoms with van der Waals surface area (Å²) >= 11 is 0. The highest BCUT2D eigenvalue weighted by Gasteiger charge is 2.32. The molecule has 0 fully saturated rings. The Hall–Kier alpha value is -3.08. The highest BCUT2D eigenvalue weighted by atomic mass is 19.1. The molecule has 0 spiro atoms. The third-order valence-corrected chi connectivity index (χ3v) is 6.11. The van der Waals surface area contributed by atoms with Gasteiger partial charge in [0.1, 0.15) is 17.2 Å². The number of hydrogen-bond donors (Lipinski definition) is 2. The van der Waals surface area contributed by atoms with Crippen molar-refractivity contribution >= 4 is 12.0 Å². The molecule has 0 radical (unpaired) electrons. The Morgan fingerprint density at radius 2 is 1.55 bits per heavy atom. The van der Waals surface area contributed by atoms with E-state index in [1.807, 2.05) is 30.3 Å².